The molecule has 1 aliphatic carbocycles. The van der Waals surface area contributed by atoms with Gasteiger partial charge in [0, 0.05) is 5.56 Å². The zero-order valence-electron chi connectivity index (χ0n) is 13.9. The van der Waals surface area contributed by atoms with Crippen LogP contribution in [0.2, 0.25) is 0 Å². The van der Waals surface area contributed by atoms with Gasteiger partial charge in [0.05, 0.1) is 5.56 Å². The fourth-order valence-electron chi connectivity index (χ4n) is 3.64. The average Bonchev–Trinajstić information content (AvgIpc) is 2.61. The summed E-state index contributed by atoms with van der Waals surface area (Å²) in [4.78, 5) is 0. The molecule has 5 heteroatoms. The second-order valence-electron chi connectivity index (χ2n) is 6.63. The highest BCUT2D eigenvalue weighted by Crippen LogP contribution is 2.39. The first-order chi connectivity index (χ1) is 12.0. The zero-order chi connectivity index (χ0) is 18.1. The van der Waals surface area contributed by atoms with E-state index in [9.17, 15) is 22.0 Å². The molecule has 0 N–H and O–H groups in total. The summed E-state index contributed by atoms with van der Waals surface area (Å²) in [5.74, 6) is -5.98. The van der Waals surface area contributed by atoms with Gasteiger partial charge in [0.25, 0.3) is 0 Å². The first-order valence-electron chi connectivity index (χ1n) is 8.58. The van der Waals surface area contributed by atoms with E-state index in [2.05, 4.69) is 6.92 Å². The molecule has 0 spiro atoms. The minimum atomic E-state index is -1.45. The first kappa shape index (κ1) is 17.9. The van der Waals surface area contributed by atoms with Crippen LogP contribution in [-0.2, 0) is 12.8 Å². The second-order valence-corrected chi connectivity index (χ2v) is 6.63. The molecule has 134 valence electrons. The Bertz CT molecular complexity index is 797. The summed E-state index contributed by atoms with van der Waals surface area (Å²) in [5, 5.41) is 0. The van der Waals surface area contributed by atoms with Crippen LogP contribution in [-0.4, -0.2) is 0 Å². The van der Waals surface area contributed by atoms with Crippen molar-refractivity contribution in [3.63, 3.8) is 0 Å². The molecule has 0 saturated carbocycles. The number of unbranched alkanes of at least 4 members (excludes halogenated alkanes) is 1. The van der Waals surface area contributed by atoms with Crippen LogP contribution in [0.25, 0.3) is 11.1 Å². The molecule has 0 aliphatic heterocycles. The Balaban J connectivity index is 2.10. The Morgan fingerprint density at radius 3 is 2.40 bits per heavy atom. The molecular weight excluding hydrogens is 335 g/mol. The Kier molecular flexibility index (Phi) is 5.11. The lowest BCUT2D eigenvalue weighted by Crippen LogP contribution is -2.19. The lowest BCUT2D eigenvalue weighted by molar-refractivity contribution is 0.385. The highest BCUT2D eigenvalue weighted by atomic mass is 19.2. The lowest BCUT2D eigenvalue weighted by atomic mass is 9.79. The van der Waals surface area contributed by atoms with Crippen molar-refractivity contribution in [2.45, 2.75) is 45.4 Å². The van der Waals surface area contributed by atoms with E-state index >= 15 is 0 Å². The summed E-state index contributed by atoms with van der Waals surface area (Å²) in [6, 6.07) is 3.05. The maximum absolute atomic E-state index is 14.9. The van der Waals surface area contributed by atoms with Crippen LogP contribution in [0.3, 0.4) is 0 Å². The third-order valence-corrected chi connectivity index (χ3v) is 5.01. The van der Waals surface area contributed by atoms with Crippen LogP contribution in [0, 0.1) is 35.0 Å². The summed E-state index contributed by atoms with van der Waals surface area (Å²) < 4.78 is 71.4. The molecule has 0 saturated heterocycles. The highest BCUT2D eigenvalue weighted by Gasteiger charge is 2.31. The predicted octanol–water partition coefficient (Wildman–Crippen LogP) is 6.34. The Labute approximate surface area is 143 Å². The van der Waals surface area contributed by atoms with E-state index in [1.807, 2.05) is 0 Å². The number of benzene rings is 2. The minimum absolute atomic E-state index is 0.0444. The number of halogens is 5. The predicted molar refractivity (Wildman–Crippen MR) is 86.7 cm³/mol. The van der Waals surface area contributed by atoms with Gasteiger partial charge in [-0.1, -0.05) is 38.3 Å². The maximum Gasteiger partial charge on any atom is 0.169 e. The summed E-state index contributed by atoms with van der Waals surface area (Å²) >= 11 is 0. The van der Waals surface area contributed by atoms with Gasteiger partial charge >= 0.3 is 0 Å². The maximum atomic E-state index is 14.9. The quantitative estimate of drug-likeness (QED) is 0.444. The highest BCUT2D eigenvalue weighted by molar-refractivity contribution is 5.68. The van der Waals surface area contributed by atoms with Gasteiger partial charge in [-0.2, -0.15) is 0 Å². The van der Waals surface area contributed by atoms with Gasteiger partial charge in [0.2, 0.25) is 0 Å². The normalized spacial score (nSPS) is 16.8. The van der Waals surface area contributed by atoms with Crippen molar-refractivity contribution in [2.24, 2.45) is 5.92 Å². The molecule has 1 aliphatic rings. The summed E-state index contributed by atoms with van der Waals surface area (Å²) in [6.45, 7) is 2.05. The van der Waals surface area contributed by atoms with Crippen molar-refractivity contribution in [2.75, 3.05) is 0 Å². The van der Waals surface area contributed by atoms with Gasteiger partial charge in [-0.25, -0.2) is 22.0 Å². The van der Waals surface area contributed by atoms with E-state index in [1.54, 1.807) is 0 Å². The standard InChI is InChI=1S/C20H19F5/c1-2-3-5-11-8-9-12-14(10-11)19(24)20(25)16(18(12)23)13-6-4-7-15(21)17(13)22/h4,6-7,11H,2-3,5,8-10H2,1H3. The monoisotopic (exact) mass is 354 g/mol. The molecule has 0 nitrogen and oxygen atoms in total. The molecule has 0 aromatic heterocycles. The van der Waals surface area contributed by atoms with E-state index in [-0.39, 0.29) is 29.9 Å². The van der Waals surface area contributed by atoms with E-state index in [1.165, 1.54) is 0 Å². The Hall–Kier alpha value is -1.91. The van der Waals surface area contributed by atoms with Gasteiger partial charge in [0.15, 0.2) is 23.3 Å². The van der Waals surface area contributed by atoms with Crippen LogP contribution in [0.15, 0.2) is 18.2 Å². The van der Waals surface area contributed by atoms with Crippen molar-refractivity contribution in [3.05, 3.63) is 58.4 Å². The minimum Gasteiger partial charge on any atom is -0.206 e. The van der Waals surface area contributed by atoms with Crippen LogP contribution < -0.4 is 0 Å². The third kappa shape index (κ3) is 3.16. The van der Waals surface area contributed by atoms with Gasteiger partial charge in [-0.05, 0) is 42.4 Å². The van der Waals surface area contributed by atoms with Gasteiger partial charge in [0.1, 0.15) is 5.82 Å². The number of fused-ring (bicyclic) bond motifs is 1. The molecule has 1 unspecified atom stereocenters. The van der Waals surface area contributed by atoms with Crippen molar-refractivity contribution >= 4 is 0 Å². The first-order valence-corrected chi connectivity index (χ1v) is 8.58. The van der Waals surface area contributed by atoms with Crippen LogP contribution in [0.4, 0.5) is 22.0 Å². The van der Waals surface area contributed by atoms with Crippen LogP contribution >= 0.6 is 0 Å². The second kappa shape index (κ2) is 7.14. The molecular formula is C20H19F5. The van der Waals surface area contributed by atoms with Gasteiger partial charge in [-0.15, -0.1) is 0 Å². The Morgan fingerprint density at radius 1 is 0.920 bits per heavy atom. The largest absolute Gasteiger partial charge is 0.206 e. The summed E-state index contributed by atoms with van der Waals surface area (Å²) in [7, 11) is 0. The topological polar surface area (TPSA) is 0 Å². The smallest absolute Gasteiger partial charge is 0.169 e. The molecule has 0 amide bonds. The molecule has 3 rings (SSSR count). The number of rotatable bonds is 4. The van der Waals surface area contributed by atoms with Gasteiger partial charge in [-0.3, -0.25) is 0 Å². The zero-order valence-corrected chi connectivity index (χ0v) is 13.9. The lowest BCUT2D eigenvalue weighted by Gasteiger charge is -2.26. The van der Waals surface area contributed by atoms with Gasteiger partial charge < -0.3 is 0 Å². The molecule has 0 bridgehead atoms. The molecule has 1 atom stereocenters. The summed E-state index contributed by atoms with van der Waals surface area (Å²) in [6.07, 6.45) is 4.11. The summed E-state index contributed by atoms with van der Waals surface area (Å²) in [5.41, 5.74) is -1.28. The van der Waals surface area contributed by atoms with E-state index < -0.39 is 40.2 Å². The molecule has 2 aromatic rings. The van der Waals surface area contributed by atoms with E-state index in [0.29, 0.717) is 6.42 Å². The van der Waals surface area contributed by atoms with E-state index in [0.717, 1.165) is 37.5 Å². The molecule has 25 heavy (non-hydrogen) atoms. The Morgan fingerprint density at radius 2 is 1.68 bits per heavy atom. The van der Waals surface area contributed by atoms with E-state index in [4.69, 9.17) is 0 Å². The van der Waals surface area contributed by atoms with Crippen LogP contribution in [0.5, 0.6) is 0 Å². The SMILES string of the molecule is CCCCC1CCc2c(F)c(-c3cccc(F)c3F)c(F)c(F)c2C1. The van der Waals surface area contributed by atoms with Crippen molar-refractivity contribution in [1.82, 2.24) is 0 Å². The molecule has 0 heterocycles. The third-order valence-electron chi connectivity index (χ3n) is 5.01. The fraction of sp³-hybridized carbons (Fsp3) is 0.400. The number of hydrogen-bond donors (Lipinski definition) is 0. The molecule has 0 fully saturated rings. The molecule has 2 aromatic carbocycles. The average molecular weight is 354 g/mol. The fourth-order valence-corrected chi connectivity index (χ4v) is 3.64. The number of hydrogen-bond acceptors (Lipinski definition) is 0. The van der Waals surface area contributed by atoms with Crippen molar-refractivity contribution < 1.29 is 22.0 Å². The molecule has 0 radical (unpaired) electrons. The van der Waals surface area contributed by atoms with Crippen molar-refractivity contribution in [1.29, 1.82) is 0 Å². The van der Waals surface area contributed by atoms with Crippen LogP contribution in [0.1, 0.15) is 43.7 Å². The van der Waals surface area contributed by atoms with Crippen molar-refractivity contribution in [3.8, 4) is 11.1 Å².